The first-order chi connectivity index (χ1) is 19.4. The quantitative estimate of drug-likeness (QED) is 0.299. The number of aliphatic hydroxyl groups is 1. The summed E-state index contributed by atoms with van der Waals surface area (Å²) in [6, 6.07) is 8.99. The maximum Gasteiger partial charge on any atom is 0.270 e. The Labute approximate surface area is 238 Å². The Balaban J connectivity index is 1.49. The monoisotopic (exact) mass is 566 g/mol. The van der Waals surface area contributed by atoms with Gasteiger partial charge >= 0.3 is 0 Å². The van der Waals surface area contributed by atoms with Gasteiger partial charge in [0.05, 0.1) is 12.1 Å². The van der Waals surface area contributed by atoms with Crippen LogP contribution >= 0.6 is 11.3 Å². The Morgan fingerprint density at radius 1 is 1.20 bits per heavy atom. The smallest absolute Gasteiger partial charge is 0.270 e. The molecule has 1 aromatic carbocycles. The second kappa shape index (κ2) is 13.7. The Morgan fingerprint density at radius 3 is 2.62 bits per heavy atom. The number of likely N-dealkylation sites (tertiary alicyclic amines) is 1. The number of benzene rings is 1. The van der Waals surface area contributed by atoms with Crippen molar-refractivity contribution < 1.29 is 14.7 Å². The van der Waals surface area contributed by atoms with Crippen molar-refractivity contribution in [1.29, 1.82) is 5.26 Å². The number of hydrogen-bond acceptors (Lipinski definition) is 8. The van der Waals surface area contributed by atoms with E-state index in [0.29, 0.717) is 35.2 Å². The molecule has 1 aliphatic carbocycles. The molecule has 0 spiro atoms. The lowest BCUT2D eigenvalue weighted by Crippen LogP contribution is -2.50. The van der Waals surface area contributed by atoms with Gasteiger partial charge in [0.2, 0.25) is 0 Å². The van der Waals surface area contributed by atoms with Crippen LogP contribution in [0.4, 0.5) is 5.69 Å². The van der Waals surface area contributed by atoms with E-state index in [2.05, 4.69) is 20.9 Å². The van der Waals surface area contributed by atoms with E-state index < -0.39 is 11.4 Å². The van der Waals surface area contributed by atoms with Gasteiger partial charge in [-0.1, -0.05) is 18.9 Å². The van der Waals surface area contributed by atoms with Gasteiger partial charge in [0, 0.05) is 30.5 Å². The van der Waals surface area contributed by atoms with Crippen molar-refractivity contribution in [3.05, 3.63) is 49.4 Å². The summed E-state index contributed by atoms with van der Waals surface area (Å²) < 4.78 is 2.00. The van der Waals surface area contributed by atoms with Crippen molar-refractivity contribution in [3.63, 3.8) is 0 Å². The largest absolute Gasteiger partial charge is 0.394 e. The number of nitrogens with one attached hydrogen (secondary N) is 3. The van der Waals surface area contributed by atoms with Crippen molar-refractivity contribution >= 4 is 40.6 Å². The third kappa shape index (κ3) is 6.99. The molecule has 2 aromatic rings. The van der Waals surface area contributed by atoms with Gasteiger partial charge in [-0.3, -0.25) is 19.0 Å². The van der Waals surface area contributed by atoms with Gasteiger partial charge < -0.3 is 26.0 Å². The molecule has 2 aliphatic rings. The van der Waals surface area contributed by atoms with E-state index in [4.69, 9.17) is 0 Å². The lowest BCUT2D eigenvalue weighted by molar-refractivity contribution is -0.117. The predicted octanol–water partition coefficient (Wildman–Crippen LogP) is 1.09. The van der Waals surface area contributed by atoms with Crippen LogP contribution in [0.2, 0.25) is 0 Å². The number of nitrogens with zero attached hydrogens (tertiary/aromatic N) is 3. The van der Waals surface area contributed by atoms with Gasteiger partial charge in [-0.05, 0) is 76.9 Å². The molecule has 214 valence electrons. The van der Waals surface area contributed by atoms with E-state index in [1.165, 1.54) is 23.6 Å². The summed E-state index contributed by atoms with van der Waals surface area (Å²) in [4.78, 5) is 41.2. The third-order valence-electron chi connectivity index (χ3n) is 7.65. The lowest BCUT2D eigenvalue weighted by Gasteiger charge is -2.27. The van der Waals surface area contributed by atoms with Crippen LogP contribution < -0.4 is 30.7 Å². The van der Waals surface area contributed by atoms with Crippen molar-refractivity contribution in [2.45, 2.75) is 64.0 Å². The Hall–Kier alpha value is -3.46. The minimum absolute atomic E-state index is 0.147. The van der Waals surface area contributed by atoms with Crippen LogP contribution in [0.5, 0.6) is 0 Å². The van der Waals surface area contributed by atoms with Crippen LogP contribution in [0.25, 0.3) is 11.8 Å². The maximum absolute atomic E-state index is 13.1. The number of anilines is 1. The summed E-state index contributed by atoms with van der Waals surface area (Å²) in [5.74, 6) is -0.737. The van der Waals surface area contributed by atoms with Gasteiger partial charge in [-0.2, -0.15) is 5.26 Å². The normalized spacial score (nSPS) is 17.9. The van der Waals surface area contributed by atoms with Gasteiger partial charge in [-0.15, -0.1) is 11.3 Å². The number of rotatable bonds is 11. The zero-order chi connectivity index (χ0) is 28.5. The van der Waals surface area contributed by atoms with Crippen LogP contribution in [0.3, 0.4) is 0 Å². The van der Waals surface area contributed by atoms with E-state index >= 15 is 0 Å². The van der Waals surface area contributed by atoms with Crippen molar-refractivity contribution in [2.24, 2.45) is 0 Å². The Morgan fingerprint density at radius 2 is 1.95 bits per heavy atom. The highest BCUT2D eigenvalue weighted by molar-refractivity contribution is 7.07. The highest BCUT2D eigenvalue weighted by atomic mass is 32.1. The van der Waals surface area contributed by atoms with E-state index in [1.54, 1.807) is 31.2 Å². The number of hydrogen-bond donors (Lipinski definition) is 4. The predicted molar refractivity (Wildman–Crippen MR) is 156 cm³/mol. The highest BCUT2D eigenvalue weighted by Gasteiger charge is 2.35. The topological polar surface area (TPSA) is 139 Å². The summed E-state index contributed by atoms with van der Waals surface area (Å²) in [5, 5.41) is 28.6. The summed E-state index contributed by atoms with van der Waals surface area (Å²) in [6.07, 6.45) is 8.04. The molecule has 2 heterocycles. The fourth-order valence-corrected chi connectivity index (χ4v) is 6.46. The highest BCUT2D eigenvalue weighted by Crippen LogP contribution is 2.29. The number of aromatic nitrogens is 1. The molecule has 4 rings (SSSR count). The molecule has 40 heavy (non-hydrogen) atoms. The Kier molecular flexibility index (Phi) is 10.1. The number of nitriles is 1. The summed E-state index contributed by atoms with van der Waals surface area (Å²) >= 11 is 1.06. The molecule has 4 N–H and O–H groups in total. The van der Waals surface area contributed by atoms with Gasteiger partial charge in [0.15, 0.2) is 5.57 Å². The number of amides is 2. The molecule has 1 saturated carbocycles. The third-order valence-corrected chi connectivity index (χ3v) is 8.78. The van der Waals surface area contributed by atoms with Crippen LogP contribution in [-0.2, 0) is 11.3 Å². The SMILES string of the molecule is CCn1c(=O)/c(=C\Nc2cccc(C(=O)NCCCN3CCCC3)c2)s/c1=C(/C#N)C(=O)NC1(CO)CCCC1. The fraction of sp³-hybridized carbons (Fsp3) is 0.517. The van der Waals surface area contributed by atoms with Crippen molar-refractivity contribution in [2.75, 3.05) is 38.1 Å². The average Bonchev–Trinajstić information content (AvgIpc) is 3.72. The van der Waals surface area contributed by atoms with Gasteiger partial charge in [0.25, 0.3) is 17.4 Å². The van der Waals surface area contributed by atoms with Crippen molar-refractivity contribution in [1.82, 2.24) is 20.1 Å². The van der Waals surface area contributed by atoms with Crippen LogP contribution in [-0.4, -0.2) is 64.7 Å². The first-order valence-electron chi connectivity index (χ1n) is 14.0. The summed E-state index contributed by atoms with van der Waals surface area (Å²) in [6.45, 7) is 5.75. The van der Waals surface area contributed by atoms with Crippen molar-refractivity contribution in [3.8, 4) is 6.07 Å². The second-order valence-corrected chi connectivity index (χ2v) is 11.5. The van der Waals surface area contributed by atoms with Crippen LogP contribution in [0.15, 0.2) is 29.1 Å². The summed E-state index contributed by atoms with van der Waals surface area (Å²) in [5.41, 5.74) is -0.0450. The van der Waals surface area contributed by atoms with E-state index in [-0.39, 0.29) is 34.9 Å². The molecule has 1 saturated heterocycles. The van der Waals surface area contributed by atoms with Crippen LogP contribution in [0, 0.1) is 11.3 Å². The first kappa shape index (κ1) is 29.5. The number of thiazole rings is 1. The molecule has 0 unspecified atom stereocenters. The lowest BCUT2D eigenvalue weighted by atomic mass is 9.98. The zero-order valence-corrected chi connectivity index (χ0v) is 23.8. The molecule has 1 aromatic heterocycles. The molecular weight excluding hydrogens is 528 g/mol. The van der Waals surface area contributed by atoms with Gasteiger partial charge in [-0.25, -0.2) is 0 Å². The molecule has 0 radical (unpaired) electrons. The van der Waals surface area contributed by atoms with Gasteiger partial charge in [0.1, 0.15) is 15.3 Å². The molecule has 2 amide bonds. The summed E-state index contributed by atoms with van der Waals surface area (Å²) in [7, 11) is 0. The molecule has 0 atom stereocenters. The van der Waals surface area contributed by atoms with E-state index in [9.17, 15) is 24.8 Å². The first-order valence-corrected chi connectivity index (χ1v) is 14.9. The molecule has 0 bridgehead atoms. The molecule has 10 nitrogen and oxygen atoms in total. The fourth-order valence-electron chi connectivity index (χ4n) is 5.38. The number of carbonyl (C=O) groups excluding carboxylic acids is 2. The second-order valence-electron chi connectivity index (χ2n) is 10.4. The molecule has 11 heteroatoms. The van der Waals surface area contributed by atoms with E-state index in [0.717, 1.165) is 50.2 Å². The molecular formula is C29H38N6O4S. The number of carbonyl (C=O) groups is 2. The van der Waals surface area contributed by atoms with E-state index in [1.807, 2.05) is 6.07 Å². The minimum Gasteiger partial charge on any atom is -0.394 e. The molecule has 2 fully saturated rings. The zero-order valence-electron chi connectivity index (χ0n) is 23.0. The maximum atomic E-state index is 13.1. The minimum atomic E-state index is -0.727. The van der Waals surface area contributed by atoms with Crippen LogP contribution in [0.1, 0.15) is 62.2 Å². The Bertz CT molecular complexity index is 1430. The standard InChI is InChI=1S/C29H38N6O4S/c1-2-35-27(39)24(40-28(35)23(18-30)26(38)33-29(20-36)11-3-4-12-29)19-32-22-10-7-9-21(17-22)25(37)31-13-8-16-34-14-5-6-15-34/h7,9-10,17,19,32,36H,2-6,8,11-16,20H2,1H3,(H,31,37)(H,33,38)/b24-19+,28-23-. The molecule has 1 aliphatic heterocycles. The number of aliphatic hydroxyl groups excluding tert-OH is 1. The average molecular weight is 567 g/mol.